The first-order valence-corrected chi connectivity index (χ1v) is 17.1. The molecular weight excluding hydrogens is 683 g/mol. The highest BCUT2D eigenvalue weighted by molar-refractivity contribution is 7.09. The maximum Gasteiger partial charge on any atom is 0.299 e. The number of thiazole rings is 1. The Labute approximate surface area is 302 Å². The maximum absolute atomic E-state index is 14.7. The molecule has 12 nitrogen and oxygen atoms in total. The van der Waals surface area contributed by atoms with Gasteiger partial charge in [-0.1, -0.05) is 30.3 Å². The van der Waals surface area contributed by atoms with Gasteiger partial charge in [0.2, 0.25) is 5.91 Å². The number of carbonyl (C=O) groups excluding carboxylic acids is 4. The lowest BCUT2D eigenvalue weighted by Crippen LogP contribution is -2.46. The van der Waals surface area contributed by atoms with E-state index in [0.29, 0.717) is 44.9 Å². The van der Waals surface area contributed by atoms with Crippen LogP contribution in [-0.2, 0) is 20.9 Å². The van der Waals surface area contributed by atoms with E-state index in [2.05, 4.69) is 10.3 Å². The topological polar surface area (TPSA) is 143 Å². The number of benzene rings is 4. The van der Waals surface area contributed by atoms with E-state index in [9.17, 15) is 19.2 Å². The molecule has 4 aromatic carbocycles. The number of nitrogens with zero attached hydrogens (tertiary/aromatic N) is 3. The molecule has 0 fully saturated rings. The molecule has 1 aliphatic rings. The van der Waals surface area contributed by atoms with Gasteiger partial charge in [-0.3, -0.25) is 24.1 Å². The van der Waals surface area contributed by atoms with Gasteiger partial charge in [0.25, 0.3) is 17.6 Å². The van der Waals surface area contributed by atoms with E-state index in [1.165, 1.54) is 30.5 Å². The van der Waals surface area contributed by atoms with Gasteiger partial charge in [0.05, 0.1) is 50.5 Å². The number of carbonyl (C=O) groups is 4. The third-order valence-corrected chi connectivity index (χ3v) is 9.71. The predicted molar refractivity (Wildman–Crippen MR) is 197 cm³/mol. The van der Waals surface area contributed by atoms with Crippen molar-refractivity contribution in [3.05, 3.63) is 119 Å². The van der Waals surface area contributed by atoms with Gasteiger partial charge in [-0.2, -0.15) is 0 Å². The van der Waals surface area contributed by atoms with E-state index in [1.807, 2.05) is 53.9 Å². The zero-order valence-corrected chi connectivity index (χ0v) is 29.2. The Morgan fingerprint density at radius 3 is 2.40 bits per heavy atom. The molecule has 2 aromatic heterocycles. The smallest absolute Gasteiger partial charge is 0.299 e. The van der Waals surface area contributed by atoms with Gasteiger partial charge in [-0.15, -0.1) is 11.3 Å². The number of rotatable bonds is 12. The van der Waals surface area contributed by atoms with Gasteiger partial charge < -0.3 is 29.4 Å². The predicted octanol–water partition coefficient (Wildman–Crippen LogP) is 6.26. The second-order valence-corrected chi connectivity index (χ2v) is 12.8. The number of aromatic amines is 1. The first-order chi connectivity index (χ1) is 25.3. The van der Waals surface area contributed by atoms with Gasteiger partial charge in [0.15, 0.2) is 0 Å². The molecule has 1 atom stereocenters. The van der Waals surface area contributed by atoms with Crippen LogP contribution in [0.1, 0.15) is 27.0 Å². The van der Waals surface area contributed by atoms with E-state index in [0.717, 1.165) is 21.4 Å². The van der Waals surface area contributed by atoms with Gasteiger partial charge in [0, 0.05) is 39.7 Å². The Balaban J connectivity index is 1.32. The quantitative estimate of drug-likeness (QED) is 0.142. The number of amides is 3. The summed E-state index contributed by atoms with van der Waals surface area (Å²) in [4.78, 5) is 66.1. The number of nitrogens with one attached hydrogen (secondary N) is 2. The average molecular weight is 716 g/mol. The molecule has 0 bridgehead atoms. The van der Waals surface area contributed by atoms with Crippen molar-refractivity contribution in [1.82, 2.24) is 14.9 Å². The fourth-order valence-electron chi connectivity index (χ4n) is 6.25. The van der Waals surface area contributed by atoms with E-state index >= 15 is 0 Å². The van der Waals surface area contributed by atoms with E-state index < -0.39 is 36.1 Å². The molecule has 52 heavy (non-hydrogen) atoms. The van der Waals surface area contributed by atoms with Gasteiger partial charge >= 0.3 is 0 Å². The molecule has 2 N–H and O–H groups in total. The molecule has 0 radical (unpaired) electrons. The van der Waals surface area contributed by atoms with Gasteiger partial charge in [-0.05, 0) is 54.6 Å². The number of ether oxygens (including phenoxy) is 3. The number of hydrogen-bond donors (Lipinski definition) is 2. The minimum Gasteiger partial charge on any atom is -0.497 e. The fourth-order valence-corrected chi connectivity index (χ4v) is 7.05. The third-order valence-electron chi connectivity index (χ3n) is 8.88. The summed E-state index contributed by atoms with van der Waals surface area (Å²) in [5, 5.41) is 6.10. The first kappa shape index (κ1) is 34.0. The number of hydrogen-bond acceptors (Lipinski definition) is 9. The summed E-state index contributed by atoms with van der Waals surface area (Å²) in [6, 6.07) is 25.2. The molecule has 6 aromatic rings. The van der Waals surface area contributed by atoms with Crippen molar-refractivity contribution < 1.29 is 33.4 Å². The van der Waals surface area contributed by atoms with Gasteiger partial charge in [0.1, 0.15) is 34.8 Å². The normalized spacial score (nSPS) is 12.8. The Kier molecular flexibility index (Phi) is 9.42. The zero-order valence-electron chi connectivity index (χ0n) is 28.4. The highest BCUT2D eigenvalue weighted by atomic mass is 32.1. The minimum absolute atomic E-state index is 0.0887. The van der Waals surface area contributed by atoms with Crippen molar-refractivity contribution in [1.29, 1.82) is 0 Å². The number of Topliss-reactive ketones (excluding diaryl/α,β-unsaturated/α-hetero) is 1. The van der Waals surface area contributed by atoms with Crippen molar-refractivity contribution >= 4 is 57.1 Å². The summed E-state index contributed by atoms with van der Waals surface area (Å²) < 4.78 is 16.2. The van der Waals surface area contributed by atoms with Crippen LogP contribution in [0.25, 0.3) is 22.2 Å². The maximum atomic E-state index is 14.7. The van der Waals surface area contributed by atoms with Crippen LogP contribution < -0.4 is 24.4 Å². The lowest BCUT2D eigenvalue weighted by Gasteiger charge is -2.32. The molecule has 0 saturated carbocycles. The highest BCUT2D eigenvalue weighted by Crippen LogP contribution is 2.36. The Hall–Kier alpha value is -6.47. The van der Waals surface area contributed by atoms with Crippen LogP contribution in [0.15, 0.2) is 103 Å². The number of H-pyrrole nitrogens is 1. The Morgan fingerprint density at radius 2 is 1.63 bits per heavy atom. The lowest BCUT2D eigenvalue weighted by molar-refractivity contribution is -0.139. The molecular formula is C39H33N5O7S. The lowest BCUT2D eigenvalue weighted by atomic mass is 10.0. The van der Waals surface area contributed by atoms with Crippen molar-refractivity contribution in [2.45, 2.75) is 12.6 Å². The number of para-hydroxylation sites is 2. The zero-order chi connectivity index (χ0) is 36.4. The number of fused-ring (bicyclic) bond motifs is 2. The molecule has 262 valence electrons. The summed E-state index contributed by atoms with van der Waals surface area (Å²) in [5.41, 5.74) is 3.71. The van der Waals surface area contributed by atoms with Crippen LogP contribution in [0.3, 0.4) is 0 Å². The molecule has 7 rings (SSSR count). The van der Waals surface area contributed by atoms with Crippen LogP contribution in [0.4, 0.5) is 11.4 Å². The van der Waals surface area contributed by atoms with Crippen molar-refractivity contribution in [2.24, 2.45) is 0 Å². The monoisotopic (exact) mass is 715 g/mol. The molecule has 1 unspecified atom stereocenters. The first-order valence-electron chi connectivity index (χ1n) is 16.2. The molecule has 0 saturated heterocycles. The van der Waals surface area contributed by atoms with Crippen LogP contribution in [0.2, 0.25) is 0 Å². The molecule has 0 aliphatic carbocycles. The van der Waals surface area contributed by atoms with Crippen LogP contribution in [0, 0.1) is 0 Å². The standard InChI is InChI=1S/C39H33N5O7S/c1-49-24-14-12-23(13-15-24)31-22-52-34(41-31)20-44(35(45)21-43-32-11-7-5-9-27(32)37(46)39(43)48)36(28-19-40-29-10-6-4-8-26(28)29)38(47)42-30-17-16-25(50-2)18-33(30)51-3/h4-19,22,36,40H,20-21H2,1-3H3,(H,42,47). The van der Waals surface area contributed by atoms with E-state index in [1.54, 1.807) is 55.8 Å². The van der Waals surface area contributed by atoms with Crippen molar-refractivity contribution in [3.8, 4) is 28.5 Å². The van der Waals surface area contributed by atoms with Crippen LogP contribution in [0.5, 0.6) is 17.2 Å². The summed E-state index contributed by atoms with van der Waals surface area (Å²) in [7, 11) is 4.60. The summed E-state index contributed by atoms with van der Waals surface area (Å²) in [6.45, 7) is -0.578. The highest BCUT2D eigenvalue weighted by Gasteiger charge is 2.40. The second-order valence-electron chi connectivity index (χ2n) is 11.9. The number of aromatic nitrogens is 2. The van der Waals surface area contributed by atoms with Gasteiger partial charge in [-0.25, -0.2) is 4.98 Å². The Bertz CT molecular complexity index is 2320. The fraction of sp³-hybridized carbons (Fsp3) is 0.154. The SMILES string of the molecule is COc1ccc(-c2csc(CN(C(=O)CN3C(=O)C(=O)c4ccccc43)C(C(=O)Nc3ccc(OC)cc3OC)c3c[nH]c4ccccc34)n2)cc1. The van der Waals surface area contributed by atoms with Crippen LogP contribution in [-0.4, -0.2) is 66.2 Å². The summed E-state index contributed by atoms with van der Waals surface area (Å²) in [6.07, 6.45) is 1.70. The largest absolute Gasteiger partial charge is 0.497 e. The molecule has 1 aliphatic heterocycles. The number of anilines is 2. The minimum atomic E-state index is -1.23. The number of methoxy groups -OCH3 is 3. The molecule has 3 heterocycles. The molecule has 3 amide bonds. The summed E-state index contributed by atoms with van der Waals surface area (Å²) >= 11 is 1.33. The van der Waals surface area contributed by atoms with Crippen molar-refractivity contribution in [2.75, 3.05) is 38.1 Å². The van der Waals surface area contributed by atoms with Crippen molar-refractivity contribution in [3.63, 3.8) is 0 Å². The number of ketones is 1. The molecule has 0 spiro atoms. The van der Waals surface area contributed by atoms with E-state index in [-0.39, 0.29) is 12.1 Å². The second kappa shape index (κ2) is 14.4. The molecule has 13 heteroatoms. The Morgan fingerprint density at radius 1 is 0.904 bits per heavy atom. The average Bonchev–Trinajstić information content (AvgIpc) is 3.89. The van der Waals surface area contributed by atoms with Crippen LogP contribution >= 0.6 is 11.3 Å². The third kappa shape index (κ3) is 6.44. The summed E-state index contributed by atoms with van der Waals surface area (Å²) in [5.74, 6) is -1.05. The van der Waals surface area contributed by atoms with E-state index in [4.69, 9.17) is 19.2 Å².